The zero-order valence-corrected chi connectivity index (χ0v) is 12.2. The van der Waals surface area contributed by atoms with Crippen LogP contribution in [0.25, 0.3) is 0 Å². The summed E-state index contributed by atoms with van der Waals surface area (Å²) >= 11 is 2.79. The van der Waals surface area contributed by atoms with E-state index >= 15 is 0 Å². The number of rotatable bonds is 8. The summed E-state index contributed by atoms with van der Waals surface area (Å²) in [5, 5.41) is 0. The van der Waals surface area contributed by atoms with E-state index in [1.807, 2.05) is 6.08 Å². The Bertz CT molecular complexity index is 143. The zero-order valence-electron chi connectivity index (χ0n) is 8.64. The summed E-state index contributed by atoms with van der Waals surface area (Å²) in [6, 6.07) is 0. The van der Waals surface area contributed by atoms with E-state index in [1.165, 1.54) is 32.1 Å². The molecular weight excluding hydrogens is 283 g/mol. The molecule has 0 amide bonds. The highest BCUT2D eigenvalue weighted by Gasteiger charge is 2.07. The largest absolute Gasteiger partial charge is 0.467 e. The first-order valence-electron chi connectivity index (χ1n) is 5.18. The van der Waals surface area contributed by atoms with Crippen LogP contribution in [-0.2, 0) is 0 Å². The minimum atomic E-state index is 0.156. The molecule has 1 unspecified atom stereocenters. The predicted molar refractivity (Wildman–Crippen MR) is 71.6 cm³/mol. The van der Waals surface area contributed by atoms with Crippen LogP contribution < -0.4 is 0 Å². The Hall–Kier alpha value is 0.976. The van der Waals surface area contributed by atoms with Crippen LogP contribution in [0, 0.1) is 0 Å². The van der Waals surface area contributed by atoms with Gasteiger partial charge in [0.05, 0.1) is 0 Å². The molecule has 0 saturated heterocycles. The van der Waals surface area contributed by atoms with Gasteiger partial charge in [-0.05, 0) is 0 Å². The Labute approximate surface area is 102 Å². The van der Waals surface area contributed by atoms with Crippen molar-refractivity contribution in [3.63, 3.8) is 0 Å². The zero-order chi connectivity index (χ0) is 9.94. The van der Waals surface area contributed by atoms with Crippen LogP contribution in [0.1, 0.15) is 39.0 Å². The first-order valence-corrected chi connectivity index (χ1v) is 11.1. The normalized spacial score (nSPS) is 12.8. The third kappa shape index (κ3) is 9.28. The highest BCUT2D eigenvalue weighted by Crippen LogP contribution is 2.21. The van der Waals surface area contributed by atoms with Crippen molar-refractivity contribution in [2.75, 3.05) is 0 Å². The Morgan fingerprint density at radius 3 is 2.77 bits per heavy atom. The van der Waals surface area contributed by atoms with Gasteiger partial charge < -0.3 is 18.9 Å². The van der Waals surface area contributed by atoms with Crippen LogP contribution in [0.4, 0.5) is 0 Å². The molecule has 0 N–H and O–H groups in total. The second kappa shape index (κ2) is 11.1. The van der Waals surface area contributed by atoms with Gasteiger partial charge in [-0.2, -0.15) is 0 Å². The van der Waals surface area contributed by atoms with Gasteiger partial charge in [-0.15, -0.1) is 4.05 Å². The van der Waals surface area contributed by atoms with E-state index in [0.29, 0.717) is 0 Å². The fraction of sp³-hybridized carbons (Fsp3) is 0.636. The van der Waals surface area contributed by atoms with Gasteiger partial charge in [-0.3, -0.25) is 0 Å². The van der Waals surface area contributed by atoms with Crippen molar-refractivity contribution in [1.82, 2.24) is 0 Å². The first-order chi connectivity index (χ1) is 6.35. The predicted octanol–water partition coefficient (Wildman–Crippen LogP) is 4.54. The molecule has 0 saturated carbocycles. The second-order valence-corrected chi connectivity index (χ2v) is 7.52. The number of allylic oxidation sites excluding steroid dienone is 3. The van der Waals surface area contributed by atoms with E-state index in [9.17, 15) is 0 Å². The summed E-state index contributed by atoms with van der Waals surface area (Å²) in [5.41, 5.74) is 0. The molecule has 2 heteroatoms. The molecule has 0 aromatic rings. The summed E-state index contributed by atoms with van der Waals surface area (Å²) in [6.45, 7) is 5.95. The molecule has 0 aliphatic rings. The van der Waals surface area contributed by atoms with Gasteiger partial charge in [0, 0.05) is 0 Å². The van der Waals surface area contributed by atoms with Gasteiger partial charge in [0.2, 0.25) is 0 Å². The molecule has 13 heavy (non-hydrogen) atoms. The third-order valence-corrected chi connectivity index (χ3v) is 7.09. The summed E-state index contributed by atoms with van der Waals surface area (Å²) < 4.78 is 1.02. The summed E-state index contributed by atoms with van der Waals surface area (Å²) in [5.74, 6) is 0. The lowest BCUT2D eigenvalue weighted by Gasteiger charge is -2.09. The average Bonchev–Trinajstić information content (AvgIpc) is 2.16. The van der Waals surface area contributed by atoms with Crippen LogP contribution in [-0.4, -0.2) is 16.5 Å². The molecule has 0 aromatic heterocycles. The van der Waals surface area contributed by atoms with Crippen LogP contribution in [0.5, 0.6) is 0 Å². The van der Waals surface area contributed by atoms with Crippen LogP contribution in [0.3, 0.4) is 0 Å². The molecule has 0 aromatic carbocycles. The quantitative estimate of drug-likeness (QED) is 0.267. The van der Waals surface area contributed by atoms with Crippen molar-refractivity contribution in [1.29, 1.82) is 0 Å². The lowest BCUT2D eigenvalue weighted by molar-refractivity contribution is 0.636. The Balaban J connectivity index is 3.50. The van der Waals surface area contributed by atoms with Crippen molar-refractivity contribution in [2.45, 2.75) is 43.1 Å². The maximum Gasteiger partial charge on any atom is 0.467 e. The minimum Gasteiger partial charge on any atom is -0.301 e. The maximum absolute atomic E-state index is 3.68. The highest BCUT2D eigenvalue weighted by molar-refractivity contribution is 14.1. The topological polar surface area (TPSA) is 0 Å². The fourth-order valence-electron chi connectivity index (χ4n) is 1.31. The molecule has 0 heterocycles. The third-order valence-electron chi connectivity index (χ3n) is 2.18. The molecule has 0 rings (SSSR count). The van der Waals surface area contributed by atoms with Crippen molar-refractivity contribution >= 4 is 35.3 Å². The van der Waals surface area contributed by atoms with Crippen LogP contribution in [0.15, 0.2) is 24.8 Å². The lowest BCUT2D eigenvalue weighted by Crippen LogP contribution is -1.96. The van der Waals surface area contributed by atoms with E-state index in [-0.39, 0.29) is 16.5 Å². The molecule has 1 atom stereocenters. The summed E-state index contributed by atoms with van der Waals surface area (Å²) in [7, 11) is 0. The number of hydrogen-bond acceptors (Lipinski definition) is 0. The highest BCUT2D eigenvalue weighted by atomic mass is 127. The van der Waals surface area contributed by atoms with E-state index in [4.69, 9.17) is 0 Å². The molecule has 0 bridgehead atoms. The molecule has 0 spiro atoms. The van der Waals surface area contributed by atoms with E-state index in [1.54, 1.807) is 0 Å². The average molecular weight is 302 g/mol. The van der Waals surface area contributed by atoms with Gasteiger partial charge in [0.15, 0.2) is 0 Å². The van der Waals surface area contributed by atoms with Crippen LogP contribution in [0.2, 0.25) is 4.05 Å². The SMILES string of the molecule is C=CC=CC[CH](CCCCC)[Mg][I]. The molecule has 0 radical (unpaired) electrons. The molecule has 72 valence electrons. The molecule has 0 fully saturated rings. The summed E-state index contributed by atoms with van der Waals surface area (Å²) in [4.78, 5) is 0. The lowest BCUT2D eigenvalue weighted by atomic mass is 10.1. The van der Waals surface area contributed by atoms with E-state index in [2.05, 4.69) is 44.5 Å². The number of unbranched alkanes of at least 4 members (excludes halogenated alkanes) is 2. The first kappa shape index (κ1) is 14.0. The number of halogens is 1. The van der Waals surface area contributed by atoms with Crippen LogP contribution >= 0.6 is 18.9 Å². The Kier molecular flexibility index (Phi) is 11.9. The Morgan fingerprint density at radius 2 is 2.23 bits per heavy atom. The van der Waals surface area contributed by atoms with E-state index in [0.717, 1.165) is 4.05 Å². The molecule has 0 nitrogen and oxygen atoms in total. The van der Waals surface area contributed by atoms with Gasteiger partial charge in [-0.25, -0.2) is 0 Å². The number of hydrogen-bond donors (Lipinski definition) is 0. The molecule has 0 aliphatic heterocycles. The van der Waals surface area contributed by atoms with Crippen molar-refractivity contribution in [3.05, 3.63) is 24.8 Å². The smallest absolute Gasteiger partial charge is 0.301 e. The fourth-order valence-corrected chi connectivity index (χ4v) is 4.47. The van der Waals surface area contributed by atoms with Gasteiger partial charge in [0.25, 0.3) is 0 Å². The summed E-state index contributed by atoms with van der Waals surface area (Å²) in [6.07, 6.45) is 13.1. The second-order valence-electron chi connectivity index (χ2n) is 3.42. The monoisotopic (exact) mass is 302 g/mol. The van der Waals surface area contributed by atoms with Crippen molar-refractivity contribution in [3.8, 4) is 0 Å². The maximum atomic E-state index is 3.68. The standard InChI is InChI=1S/C11H19.HI.Mg/c1-3-5-7-9-11-10-8-6-4-2;;/h3,5,7,11H,1,4,6,8-10H2,2H3;1H;/q;;+1/p-1. The van der Waals surface area contributed by atoms with Gasteiger partial charge in [0.1, 0.15) is 0 Å². The van der Waals surface area contributed by atoms with Gasteiger partial charge in [-0.1, -0.05) is 63.8 Å². The molecular formula is C11H19IMg. The Morgan fingerprint density at radius 1 is 1.46 bits per heavy atom. The van der Waals surface area contributed by atoms with E-state index < -0.39 is 0 Å². The van der Waals surface area contributed by atoms with Crippen molar-refractivity contribution < 1.29 is 0 Å². The van der Waals surface area contributed by atoms with Crippen molar-refractivity contribution in [2.24, 2.45) is 0 Å². The van der Waals surface area contributed by atoms with Gasteiger partial charge >= 0.3 is 16.5 Å². The minimum absolute atomic E-state index is 0.156. The molecule has 0 aliphatic carbocycles.